The van der Waals surface area contributed by atoms with E-state index in [0.29, 0.717) is 6.42 Å². The van der Waals surface area contributed by atoms with E-state index in [1.54, 1.807) is 0 Å². The second-order valence-electron chi connectivity index (χ2n) is 10.1. The molecule has 6 nitrogen and oxygen atoms in total. The normalized spacial score (nSPS) is 48.7. The fraction of sp³-hybridized carbons (Fsp3) is 0.800. The number of rotatable bonds is 2. The number of allylic oxidation sites excluding steroid dienone is 2. The molecular formula is C20H27NO5. The minimum atomic E-state index is -1.02. The second-order valence-corrected chi connectivity index (χ2v) is 10.1. The van der Waals surface area contributed by atoms with Crippen molar-refractivity contribution in [3.05, 3.63) is 22.3 Å². The number of hydrogen-bond donors (Lipinski definition) is 0. The molecule has 0 saturated heterocycles. The first kappa shape index (κ1) is 17.7. The van der Waals surface area contributed by atoms with Gasteiger partial charge < -0.3 is 4.84 Å². The van der Waals surface area contributed by atoms with Gasteiger partial charge in [0.25, 0.3) is 5.09 Å². The van der Waals surface area contributed by atoms with Crippen molar-refractivity contribution >= 4 is 11.6 Å². The minimum Gasteiger partial charge on any atom is -0.302 e. The van der Waals surface area contributed by atoms with Gasteiger partial charge in [0.1, 0.15) is 5.78 Å². The number of carbonyl (C=O) groups excluding carboxylic acids is 2. The first-order valence-corrected chi connectivity index (χ1v) is 9.52. The number of nitrogens with zero attached hydrogens (tertiary/aromatic N) is 1. The van der Waals surface area contributed by atoms with E-state index in [9.17, 15) is 19.7 Å². The largest absolute Gasteiger partial charge is 0.302 e. The van der Waals surface area contributed by atoms with Crippen LogP contribution >= 0.6 is 0 Å². The molecule has 0 unspecified atom stereocenters. The SMILES string of the molecule is CC1(C)[C@H](O[N+](=O)[O-])C(=O)C[C@]2(C)[C@@H]1CC[C@]13C=C[C@](C)(C1)C(=O)C[C@H]32. The molecule has 26 heavy (non-hydrogen) atoms. The van der Waals surface area contributed by atoms with Crippen molar-refractivity contribution in [1.82, 2.24) is 0 Å². The van der Waals surface area contributed by atoms with Crippen molar-refractivity contribution in [2.45, 2.75) is 65.9 Å². The van der Waals surface area contributed by atoms with Gasteiger partial charge in [0, 0.05) is 23.7 Å². The van der Waals surface area contributed by atoms with Crippen molar-refractivity contribution in [3.63, 3.8) is 0 Å². The van der Waals surface area contributed by atoms with Gasteiger partial charge in [0.2, 0.25) is 0 Å². The van der Waals surface area contributed by atoms with Crippen LogP contribution in [0.25, 0.3) is 0 Å². The van der Waals surface area contributed by atoms with E-state index >= 15 is 0 Å². The zero-order valence-corrected chi connectivity index (χ0v) is 15.9. The Hall–Kier alpha value is -1.72. The van der Waals surface area contributed by atoms with Crippen LogP contribution in [0.3, 0.4) is 0 Å². The van der Waals surface area contributed by atoms with E-state index in [-0.39, 0.29) is 46.1 Å². The Morgan fingerprint density at radius 3 is 2.50 bits per heavy atom. The second kappa shape index (κ2) is 4.96. The number of hydrogen-bond acceptors (Lipinski definition) is 5. The van der Waals surface area contributed by atoms with Crippen molar-refractivity contribution in [1.29, 1.82) is 0 Å². The molecule has 142 valence electrons. The monoisotopic (exact) mass is 361 g/mol. The van der Waals surface area contributed by atoms with Crippen molar-refractivity contribution in [3.8, 4) is 0 Å². The maximum Gasteiger partial charge on any atom is 0.295 e. The molecule has 0 radical (unpaired) electrons. The number of Topliss-reactive ketones (excluding diaryl/α,β-unsaturated/α-hetero) is 2. The highest BCUT2D eigenvalue weighted by Gasteiger charge is 2.68. The van der Waals surface area contributed by atoms with Gasteiger partial charge in [-0.1, -0.05) is 32.9 Å². The van der Waals surface area contributed by atoms with E-state index < -0.39 is 16.6 Å². The van der Waals surface area contributed by atoms with E-state index in [0.717, 1.165) is 19.3 Å². The predicted molar refractivity (Wildman–Crippen MR) is 93.5 cm³/mol. The van der Waals surface area contributed by atoms with Crippen LogP contribution in [0.5, 0.6) is 0 Å². The first-order chi connectivity index (χ1) is 11.9. The van der Waals surface area contributed by atoms with Crippen LogP contribution in [0, 0.1) is 43.6 Å². The molecule has 0 aromatic rings. The lowest BCUT2D eigenvalue weighted by Gasteiger charge is -2.64. The van der Waals surface area contributed by atoms with Gasteiger partial charge in [-0.25, -0.2) is 0 Å². The Morgan fingerprint density at radius 2 is 1.85 bits per heavy atom. The molecule has 2 bridgehead atoms. The molecule has 4 aliphatic carbocycles. The third kappa shape index (κ3) is 2.04. The highest BCUT2D eigenvalue weighted by molar-refractivity contribution is 5.90. The quantitative estimate of drug-likeness (QED) is 0.427. The zero-order chi connectivity index (χ0) is 19.1. The van der Waals surface area contributed by atoms with Crippen LogP contribution in [0.4, 0.5) is 0 Å². The van der Waals surface area contributed by atoms with Crippen molar-refractivity contribution < 1.29 is 19.5 Å². The van der Waals surface area contributed by atoms with Crippen LogP contribution in [0.1, 0.15) is 59.8 Å². The summed E-state index contributed by atoms with van der Waals surface area (Å²) in [4.78, 5) is 41.5. The van der Waals surface area contributed by atoms with Gasteiger partial charge in [0.05, 0.1) is 0 Å². The summed E-state index contributed by atoms with van der Waals surface area (Å²) in [6.07, 6.45) is 6.79. The standard InChI is InChI=1S/C20H27NO5/c1-17(2)13-5-6-20-8-7-18(3,11-20)15(23)9-14(20)19(13,4)10-12(22)16(17)26-21(24)25/h7-8,13-14,16H,5-6,9-11H2,1-4H3/t13-,14+,16-,18-,19-,20+/m1/s1. The smallest absolute Gasteiger partial charge is 0.295 e. The lowest BCUT2D eigenvalue weighted by Crippen LogP contribution is -2.63. The summed E-state index contributed by atoms with van der Waals surface area (Å²) in [5.74, 6) is 0.292. The molecule has 0 amide bonds. The summed E-state index contributed by atoms with van der Waals surface area (Å²) in [6, 6.07) is 0. The van der Waals surface area contributed by atoms with Crippen LogP contribution in [0.15, 0.2) is 12.2 Å². The van der Waals surface area contributed by atoms with Crippen molar-refractivity contribution in [2.75, 3.05) is 0 Å². The number of carbonyl (C=O) groups is 2. The Morgan fingerprint density at radius 1 is 1.15 bits per heavy atom. The summed E-state index contributed by atoms with van der Waals surface area (Å²) in [7, 11) is 0. The molecule has 0 aliphatic heterocycles. The molecule has 4 aliphatic rings. The number of ketones is 2. The van der Waals surface area contributed by atoms with Crippen LogP contribution in [-0.2, 0) is 14.4 Å². The predicted octanol–water partition coefficient (Wildman–Crippen LogP) is 3.52. The lowest BCUT2D eigenvalue weighted by atomic mass is 9.40. The van der Waals surface area contributed by atoms with Crippen LogP contribution in [0.2, 0.25) is 0 Å². The molecule has 0 N–H and O–H groups in total. The topological polar surface area (TPSA) is 86.5 Å². The molecule has 4 rings (SSSR count). The van der Waals surface area contributed by atoms with E-state index in [2.05, 4.69) is 19.1 Å². The van der Waals surface area contributed by atoms with E-state index in [1.165, 1.54) is 0 Å². The van der Waals surface area contributed by atoms with Crippen molar-refractivity contribution in [2.24, 2.45) is 33.5 Å². The van der Waals surface area contributed by atoms with Gasteiger partial charge in [-0.3, -0.25) is 9.59 Å². The van der Waals surface area contributed by atoms with Gasteiger partial charge in [-0.15, -0.1) is 10.1 Å². The van der Waals surface area contributed by atoms with Gasteiger partial charge in [-0.05, 0) is 48.9 Å². The summed E-state index contributed by atoms with van der Waals surface area (Å²) in [5.41, 5.74) is -1.34. The van der Waals surface area contributed by atoms with Gasteiger partial charge >= 0.3 is 0 Å². The Labute approximate surface area is 153 Å². The fourth-order valence-electron chi connectivity index (χ4n) is 7.24. The first-order valence-electron chi connectivity index (χ1n) is 9.52. The summed E-state index contributed by atoms with van der Waals surface area (Å²) in [6.45, 7) is 7.99. The summed E-state index contributed by atoms with van der Waals surface area (Å²) in [5, 5.41) is 10.1. The molecule has 6 atom stereocenters. The third-order valence-electron chi connectivity index (χ3n) is 8.30. The zero-order valence-electron chi connectivity index (χ0n) is 15.9. The van der Waals surface area contributed by atoms with E-state index in [1.807, 2.05) is 20.8 Å². The summed E-state index contributed by atoms with van der Waals surface area (Å²) >= 11 is 0. The van der Waals surface area contributed by atoms with Crippen LogP contribution in [-0.4, -0.2) is 22.8 Å². The average molecular weight is 361 g/mol. The molecule has 1 spiro atoms. The Bertz CT molecular complexity index is 742. The van der Waals surface area contributed by atoms with Gasteiger partial charge in [-0.2, -0.15) is 0 Å². The third-order valence-corrected chi connectivity index (χ3v) is 8.30. The molecule has 0 heterocycles. The lowest BCUT2D eigenvalue weighted by molar-refractivity contribution is -0.769. The molecule has 6 heteroatoms. The average Bonchev–Trinajstić information content (AvgIpc) is 2.81. The molecule has 0 aromatic heterocycles. The Balaban J connectivity index is 1.75. The molecular weight excluding hydrogens is 334 g/mol. The van der Waals surface area contributed by atoms with E-state index in [4.69, 9.17) is 4.84 Å². The molecule has 0 aromatic carbocycles. The fourth-order valence-corrected chi connectivity index (χ4v) is 7.24. The summed E-state index contributed by atoms with van der Waals surface area (Å²) < 4.78 is 0. The maximum absolute atomic E-state index is 12.9. The maximum atomic E-state index is 12.9. The molecule has 3 fully saturated rings. The molecule has 3 saturated carbocycles. The highest BCUT2D eigenvalue weighted by atomic mass is 17.0. The van der Waals surface area contributed by atoms with Crippen LogP contribution < -0.4 is 0 Å². The Kier molecular flexibility index (Phi) is 3.37. The highest BCUT2D eigenvalue weighted by Crippen LogP contribution is 2.70. The number of fused-ring (bicyclic) bond motifs is 3. The minimum absolute atomic E-state index is 0.0128. The van der Waals surface area contributed by atoms with Gasteiger partial charge in [0.15, 0.2) is 11.9 Å².